The van der Waals surface area contributed by atoms with Crippen LogP contribution in [0.25, 0.3) is 0 Å². The van der Waals surface area contributed by atoms with Crippen LogP contribution in [0.5, 0.6) is 0 Å². The molecule has 0 radical (unpaired) electrons. The second-order valence-electron chi connectivity index (χ2n) is 5.73. The molecule has 3 rings (SSSR count). The largest absolute Gasteiger partial charge is 0.367 e. The predicted molar refractivity (Wildman–Crippen MR) is 66.1 cm³/mol. The Bertz CT molecular complexity index is 362. The van der Waals surface area contributed by atoms with E-state index in [9.17, 15) is 0 Å². The van der Waals surface area contributed by atoms with Crippen LogP contribution in [0.15, 0.2) is 36.5 Å². The van der Waals surface area contributed by atoms with Crippen molar-refractivity contribution in [2.45, 2.75) is 38.4 Å². The van der Waals surface area contributed by atoms with Gasteiger partial charge in [0.25, 0.3) is 0 Å². The van der Waals surface area contributed by atoms with Gasteiger partial charge in [0.2, 0.25) is 0 Å². The van der Waals surface area contributed by atoms with Crippen LogP contribution in [0.3, 0.4) is 0 Å². The summed E-state index contributed by atoms with van der Waals surface area (Å²) in [7, 11) is 0. The SMILES string of the molecule is CC1(C)OC2C=CCCC2C2C=CC=CC21. The lowest BCUT2D eigenvalue weighted by Crippen LogP contribution is -2.52. The molecule has 16 heavy (non-hydrogen) atoms. The molecule has 2 aliphatic carbocycles. The van der Waals surface area contributed by atoms with Crippen LogP contribution in [-0.2, 0) is 4.74 Å². The summed E-state index contributed by atoms with van der Waals surface area (Å²) in [4.78, 5) is 0. The van der Waals surface area contributed by atoms with Gasteiger partial charge in [0.15, 0.2) is 0 Å². The van der Waals surface area contributed by atoms with Gasteiger partial charge in [-0.25, -0.2) is 0 Å². The van der Waals surface area contributed by atoms with Crippen LogP contribution >= 0.6 is 0 Å². The molecule has 4 atom stereocenters. The lowest BCUT2D eigenvalue weighted by atomic mass is 9.65. The minimum absolute atomic E-state index is 0.0330. The fraction of sp³-hybridized carbons (Fsp3) is 0.600. The Morgan fingerprint density at radius 2 is 1.94 bits per heavy atom. The first kappa shape index (κ1) is 10.3. The van der Waals surface area contributed by atoms with Gasteiger partial charge in [0.1, 0.15) is 0 Å². The van der Waals surface area contributed by atoms with Gasteiger partial charge in [-0.15, -0.1) is 0 Å². The van der Waals surface area contributed by atoms with E-state index in [4.69, 9.17) is 4.74 Å². The topological polar surface area (TPSA) is 9.23 Å². The van der Waals surface area contributed by atoms with Crippen LogP contribution in [0, 0.1) is 17.8 Å². The van der Waals surface area contributed by atoms with Crippen molar-refractivity contribution in [3.8, 4) is 0 Å². The van der Waals surface area contributed by atoms with Gasteiger partial charge in [-0.1, -0.05) is 36.5 Å². The first-order valence-electron chi connectivity index (χ1n) is 6.38. The fourth-order valence-corrected chi connectivity index (χ4v) is 3.52. The number of hydrogen-bond donors (Lipinski definition) is 0. The number of rotatable bonds is 0. The average molecular weight is 216 g/mol. The van der Waals surface area contributed by atoms with E-state index in [0.29, 0.717) is 23.9 Å². The van der Waals surface area contributed by atoms with E-state index in [1.165, 1.54) is 12.8 Å². The summed E-state index contributed by atoms with van der Waals surface area (Å²) in [6.45, 7) is 4.46. The summed E-state index contributed by atoms with van der Waals surface area (Å²) in [5.41, 5.74) is -0.0330. The van der Waals surface area contributed by atoms with Crippen molar-refractivity contribution in [2.24, 2.45) is 17.8 Å². The highest BCUT2D eigenvalue weighted by atomic mass is 16.5. The quantitative estimate of drug-likeness (QED) is 0.563. The third-order valence-electron chi connectivity index (χ3n) is 4.33. The zero-order valence-electron chi connectivity index (χ0n) is 10.1. The Hall–Kier alpha value is -0.820. The van der Waals surface area contributed by atoms with Gasteiger partial charge in [-0.3, -0.25) is 0 Å². The molecular weight excluding hydrogens is 196 g/mol. The molecule has 4 unspecified atom stereocenters. The Morgan fingerprint density at radius 3 is 2.81 bits per heavy atom. The molecule has 0 bridgehead atoms. The van der Waals surface area contributed by atoms with Gasteiger partial charge in [-0.05, 0) is 38.5 Å². The van der Waals surface area contributed by atoms with Crippen LogP contribution < -0.4 is 0 Å². The predicted octanol–water partition coefficient (Wildman–Crippen LogP) is 3.49. The Morgan fingerprint density at radius 1 is 1.12 bits per heavy atom. The van der Waals surface area contributed by atoms with Crippen molar-refractivity contribution in [2.75, 3.05) is 0 Å². The summed E-state index contributed by atoms with van der Waals surface area (Å²) in [6, 6.07) is 0. The number of hydrogen-bond acceptors (Lipinski definition) is 1. The van der Waals surface area contributed by atoms with E-state index in [1.54, 1.807) is 0 Å². The maximum Gasteiger partial charge on any atom is 0.0797 e. The number of ether oxygens (including phenoxy) is 1. The van der Waals surface area contributed by atoms with Crippen molar-refractivity contribution < 1.29 is 4.74 Å². The van der Waals surface area contributed by atoms with E-state index < -0.39 is 0 Å². The third-order valence-corrected chi connectivity index (χ3v) is 4.33. The molecule has 1 aliphatic heterocycles. The summed E-state index contributed by atoms with van der Waals surface area (Å²) in [6.07, 6.45) is 16.5. The minimum atomic E-state index is -0.0330. The fourth-order valence-electron chi connectivity index (χ4n) is 3.52. The lowest BCUT2D eigenvalue weighted by molar-refractivity contribution is -0.158. The maximum atomic E-state index is 6.28. The van der Waals surface area contributed by atoms with E-state index in [-0.39, 0.29) is 5.60 Å². The maximum absolute atomic E-state index is 6.28. The van der Waals surface area contributed by atoms with E-state index in [2.05, 4.69) is 50.3 Å². The third kappa shape index (κ3) is 1.49. The highest BCUT2D eigenvalue weighted by Crippen LogP contribution is 2.47. The highest BCUT2D eigenvalue weighted by Gasteiger charge is 2.47. The summed E-state index contributed by atoms with van der Waals surface area (Å²) in [5.74, 6) is 1.90. The Kier molecular flexibility index (Phi) is 2.32. The van der Waals surface area contributed by atoms with Crippen molar-refractivity contribution in [3.05, 3.63) is 36.5 Å². The number of allylic oxidation sites excluding steroid dienone is 4. The molecule has 1 saturated heterocycles. The van der Waals surface area contributed by atoms with Crippen LogP contribution in [0.1, 0.15) is 26.7 Å². The first-order valence-corrected chi connectivity index (χ1v) is 6.38. The second-order valence-corrected chi connectivity index (χ2v) is 5.73. The molecule has 0 spiro atoms. The molecule has 1 heteroatoms. The molecular formula is C15H20O. The first-order chi connectivity index (χ1) is 7.68. The van der Waals surface area contributed by atoms with Crippen molar-refractivity contribution in [1.82, 2.24) is 0 Å². The molecule has 0 aromatic rings. The minimum Gasteiger partial charge on any atom is -0.367 e. The van der Waals surface area contributed by atoms with Gasteiger partial charge >= 0.3 is 0 Å². The number of fused-ring (bicyclic) bond motifs is 3. The molecule has 86 valence electrons. The zero-order chi connectivity index (χ0) is 11.2. The Labute approximate surface area is 97.9 Å². The summed E-state index contributed by atoms with van der Waals surface area (Å²) in [5, 5.41) is 0. The van der Waals surface area contributed by atoms with E-state index in [0.717, 1.165) is 0 Å². The molecule has 0 aromatic heterocycles. The molecule has 0 saturated carbocycles. The van der Waals surface area contributed by atoms with Crippen molar-refractivity contribution in [1.29, 1.82) is 0 Å². The van der Waals surface area contributed by atoms with Gasteiger partial charge in [0, 0.05) is 5.92 Å². The van der Waals surface area contributed by atoms with Gasteiger partial charge in [-0.2, -0.15) is 0 Å². The van der Waals surface area contributed by atoms with Crippen LogP contribution in [0.4, 0.5) is 0 Å². The van der Waals surface area contributed by atoms with Crippen LogP contribution in [-0.4, -0.2) is 11.7 Å². The van der Waals surface area contributed by atoms with Gasteiger partial charge < -0.3 is 4.74 Å². The molecule has 0 aromatic carbocycles. The van der Waals surface area contributed by atoms with Gasteiger partial charge in [0.05, 0.1) is 11.7 Å². The monoisotopic (exact) mass is 216 g/mol. The Balaban J connectivity index is 1.96. The molecule has 0 amide bonds. The lowest BCUT2D eigenvalue weighted by Gasteiger charge is -2.51. The molecule has 1 fully saturated rings. The summed E-state index contributed by atoms with van der Waals surface area (Å²) >= 11 is 0. The normalized spacial score (nSPS) is 43.9. The molecule has 3 aliphatic rings. The standard InChI is InChI=1S/C15H20O/c1-15(2)13-9-5-3-7-11(13)12-8-4-6-10-14(12)16-15/h3,5-7,9-14H,4,8H2,1-2H3. The van der Waals surface area contributed by atoms with E-state index in [1.807, 2.05) is 0 Å². The highest BCUT2D eigenvalue weighted by molar-refractivity contribution is 5.22. The van der Waals surface area contributed by atoms with Crippen molar-refractivity contribution >= 4 is 0 Å². The molecule has 1 heterocycles. The second kappa shape index (κ2) is 3.59. The smallest absolute Gasteiger partial charge is 0.0797 e. The average Bonchev–Trinajstić information content (AvgIpc) is 2.29. The molecule has 0 N–H and O–H groups in total. The summed E-state index contributed by atoms with van der Waals surface area (Å²) < 4.78 is 6.28. The zero-order valence-corrected chi connectivity index (χ0v) is 10.1. The molecule has 1 nitrogen and oxygen atoms in total. The van der Waals surface area contributed by atoms with Crippen molar-refractivity contribution in [3.63, 3.8) is 0 Å². The van der Waals surface area contributed by atoms with E-state index >= 15 is 0 Å². The van der Waals surface area contributed by atoms with Crippen LogP contribution in [0.2, 0.25) is 0 Å².